The third-order valence-corrected chi connectivity index (χ3v) is 11.6. The van der Waals surface area contributed by atoms with E-state index in [2.05, 4.69) is 20.8 Å². The fraction of sp³-hybridized carbons (Fsp3) is 0.359. The summed E-state index contributed by atoms with van der Waals surface area (Å²) in [5.41, 5.74) is 3.95. The second-order valence-electron chi connectivity index (χ2n) is 13.6. The maximum atomic E-state index is 13.8. The van der Waals surface area contributed by atoms with Gasteiger partial charge in [-0.15, -0.1) is 21.5 Å². The standard InChI is InChI=1S/C39H38ClN7O7S/c1-20-31-33(22-12-14-23(40)15-13-22)42-26(19-30(50)54-3)35-45-44-21(2)46(35)39(31)55-34(20)28(48)11-6-4-5-7-18-41-25-10-8-9-24-32(25)38(53)47(37(24)52)27-16-17-29(49)43-36(27)51/h8-10,12-15,26-27,41H,4-7,11,16-19H2,1-3H3,(H,43,49,51)/t26-,27?/m0/s1. The van der Waals surface area contributed by atoms with Gasteiger partial charge >= 0.3 is 5.97 Å². The molecule has 3 aliphatic heterocycles. The molecule has 7 rings (SSSR count). The van der Waals surface area contributed by atoms with Gasteiger partial charge in [-0.1, -0.05) is 42.6 Å². The van der Waals surface area contributed by atoms with Crippen molar-refractivity contribution in [2.24, 2.45) is 4.99 Å². The number of Topliss-reactive ketones (excluding diaryl/α,β-unsaturated/α-hetero) is 1. The number of benzene rings is 2. The molecule has 16 heteroatoms. The number of aryl methyl sites for hydroxylation is 1. The molecule has 2 N–H and O–H groups in total. The molecule has 2 atom stereocenters. The van der Waals surface area contributed by atoms with Crippen LogP contribution in [0.1, 0.15) is 116 Å². The lowest BCUT2D eigenvalue weighted by molar-refractivity contribution is -0.141. The lowest BCUT2D eigenvalue weighted by atomic mass is 9.98. The molecule has 1 saturated heterocycles. The fourth-order valence-corrected chi connectivity index (χ4v) is 8.75. The second-order valence-corrected chi connectivity index (χ2v) is 15.1. The number of methoxy groups -OCH3 is 1. The van der Waals surface area contributed by atoms with Gasteiger partial charge < -0.3 is 10.1 Å². The van der Waals surface area contributed by atoms with Gasteiger partial charge in [-0.3, -0.25) is 48.5 Å². The molecule has 4 aromatic rings. The van der Waals surface area contributed by atoms with Crippen LogP contribution in [0.2, 0.25) is 5.02 Å². The summed E-state index contributed by atoms with van der Waals surface area (Å²) in [5.74, 6) is -1.49. The molecule has 0 aliphatic carbocycles. The Labute approximate surface area is 325 Å². The Morgan fingerprint density at radius 1 is 0.982 bits per heavy atom. The summed E-state index contributed by atoms with van der Waals surface area (Å²) >= 11 is 7.59. The van der Waals surface area contributed by atoms with E-state index < -0.39 is 41.7 Å². The Bertz CT molecular complexity index is 2280. The van der Waals surface area contributed by atoms with Crippen molar-refractivity contribution in [3.8, 4) is 5.00 Å². The zero-order valence-electron chi connectivity index (χ0n) is 30.4. The number of piperidine rings is 1. The van der Waals surface area contributed by atoms with Crippen molar-refractivity contribution < 1.29 is 33.5 Å². The van der Waals surface area contributed by atoms with Crippen molar-refractivity contribution >= 4 is 69.7 Å². The van der Waals surface area contributed by atoms with Gasteiger partial charge in [0.1, 0.15) is 22.9 Å². The number of anilines is 1. The second kappa shape index (κ2) is 15.7. The Morgan fingerprint density at radius 2 is 1.75 bits per heavy atom. The number of rotatable bonds is 13. The maximum absolute atomic E-state index is 13.8. The van der Waals surface area contributed by atoms with Crippen LogP contribution in [-0.4, -0.2) is 80.5 Å². The van der Waals surface area contributed by atoms with Crippen molar-refractivity contribution in [3.63, 3.8) is 0 Å². The predicted octanol–water partition coefficient (Wildman–Crippen LogP) is 5.70. The number of hydrogen-bond donors (Lipinski definition) is 2. The van der Waals surface area contributed by atoms with Crippen LogP contribution in [0.5, 0.6) is 0 Å². The molecule has 0 radical (unpaired) electrons. The molecule has 0 spiro atoms. The Hall–Kier alpha value is -5.54. The largest absolute Gasteiger partial charge is 0.469 e. The van der Waals surface area contributed by atoms with Crippen LogP contribution in [0, 0.1) is 13.8 Å². The Morgan fingerprint density at radius 3 is 2.49 bits per heavy atom. The molecule has 284 valence electrons. The highest BCUT2D eigenvalue weighted by Crippen LogP contribution is 2.41. The highest BCUT2D eigenvalue weighted by Gasteiger charge is 2.45. The minimum Gasteiger partial charge on any atom is -0.469 e. The average molecular weight is 784 g/mol. The first-order valence-electron chi connectivity index (χ1n) is 18.1. The molecule has 5 heterocycles. The van der Waals surface area contributed by atoms with Crippen molar-refractivity contribution in [2.75, 3.05) is 19.0 Å². The quantitative estimate of drug-likeness (QED) is 0.0739. The number of thiophene rings is 1. The van der Waals surface area contributed by atoms with E-state index in [-0.39, 0.29) is 36.2 Å². The molecule has 0 saturated carbocycles. The number of ether oxygens (including phenoxy) is 1. The molecule has 2 aromatic carbocycles. The summed E-state index contributed by atoms with van der Waals surface area (Å²) < 4.78 is 6.86. The van der Waals surface area contributed by atoms with E-state index in [0.29, 0.717) is 52.3 Å². The minimum atomic E-state index is -1.03. The topological polar surface area (TPSA) is 182 Å². The van der Waals surface area contributed by atoms with Gasteiger partial charge in [-0.25, -0.2) is 0 Å². The number of unbranched alkanes of at least 4 members (excludes halogenated alkanes) is 3. The Balaban J connectivity index is 0.998. The molecule has 55 heavy (non-hydrogen) atoms. The average Bonchev–Trinajstić information content (AvgIpc) is 3.76. The van der Waals surface area contributed by atoms with Gasteiger partial charge in [0, 0.05) is 41.2 Å². The number of halogens is 1. The summed E-state index contributed by atoms with van der Waals surface area (Å²) in [4.78, 5) is 83.5. The molecular formula is C39H38ClN7O7S. The van der Waals surface area contributed by atoms with E-state index in [4.69, 9.17) is 21.3 Å². The number of amides is 4. The minimum absolute atomic E-state index is 0.0196. The SMILES string of the molecule is COC(=O)C[C@@H]1N=C(c2ccc(Cl)cc2)c2c(sc(C(=O)CCCCCCNc3cccc4c3C(=O)N(C3CCC(=O)NC3=O)C4=O)c2C)-n2c(C)nnc21. The van der Waals surface area contributed by atoms with E-state index in [1.807, 2.05) is 30.5 Å². The molecule has 0 bridgehead atoms. The van der Waals surface area contributed by atoms with E-state index in [1.54, 1.807) is 30.3 Å². The van der Waals surface area contributed by atoms with E-state index in [1.165, 1.54) is 18.4 Å². The third kappa shape index (κ3) is 7.21. The van der Waals surface area contributed by atoms with Crippen LogP contribution in [0.15, 0.2) is 47.5 Å². The number of imide groups is 2. The van der Waals surface area contributed by atoms with Crippen LogP contribution in [0.4, 0.5) is 5.69 Å². The molecule has 1 unspecified atom stereocenters. The summed E-state index contributed by atoms with van der Waals surface area (Å²) in [6, 6.07) is 10.6. The highest BCUT2D eigenvalue weighted by molar-refractivity contribution is 7.17. The van der Waals surface area contributed by atoms with Crippen LogP contribution < -0.4 is 10.6 Å². The number of fused-ring (bicyclic) bond motifs is 4. The number of hydrogen-bond acceptors (Lipinski definition) is 12. The lowest BCUT2D eigenvalue weighted by Crippen LogP contribution is -2.54. The van der Waals surface area contributed by atoms with Gasteiger partial charge in [0.05, 0.1) is 35.2 Å². The number of ketones is 1. The summed E-state index contributed by atoms with van der Waals surface area (Å²) in [5, 5.41) is 15.5. The normalized spacial score (nSPS) is 17.6. The first-order valence-corrected chi connectivity index (χ1v) is 19.3. The number of aliphatic imine (C=N–C) groups is 1. The van der Waals surface area contributed by atoms with Gasteiger partial charge in [0.15, 0.2) is 11.6 Å². The summed E-state index contributed by atoms with van der Waals surface area (Å²) in [6.07, 6.45) is 3.51. The smallest absolute Gasteiger partial charge is 0.308 e. The van der Waals surface area contributed by atoms with Crippen molar-refractivity contribution in [1.82, 2.24) is 25.0 Å². The van der Waals surface area contributed by atoms with Crippen molar-refractivity contribution in [2.45, 2.75) is 77.3 Å². The molecular weight excluding hydrogens is 746 g/mol. The zero-order chi connectivity index (χ0) is 39.0. The van der Waals surface area contributed by atoms with Crippen LogP contribution in [0.3, 0.4) is 0 Å². The fourth-order valence-electron chi connectivity index (χ4n) is 7.29. The lowest BCUT2D eigenvalue weighted by Gasteiger charge is -2.27. The van der Waals surface area contributed by atoms with Crippen molar-refractivity contribution in [3.05, 3.63) is 91.8 Å². The summed E-state index contributed by atoms with van der Waals surface area (Å²) in [6.45, 7) is 4.28. The number of esters is 1. The van der Waals surface area contributed by atoms with Gasteiger partial charge in [0.25, 0.3) is 11.8 Å². The number of carbonyl (C=O) groups is 6. The van der Waals surface area contributed by atoms with E-state index in [9.17, 15) is 28.8 Å². The van der Waals surface area contributed by atoms with E-state index in [0.717, 1.165) is 45.9 Å². The van der Waals surface area contributed by atoms with Gasteiger partial charge in [-0.05, 0) is 62.9 Å². The first-order chi connectivity index (χ1) is 26.5. The van der Waals surface area contributed by atoms with Gasteiger partial charge in [0.2, 0.25) is 11.8 Å². The molecule has 14 nitrogen and oxygen atoms in total. The van der Waals surface area contributed by atoms with Crippen LogP contribution >= 0.6 is 22.9 Å². The molecule has 4 amide bonds. The number of nitrogens with zero attached hydrogens (tertiary/aromatic N) is 5. The van der Waals surface area contributed by atoms with Crippen molar-refractivity contribution in [1.29, 1.82) is 0 Å². The number of nitrogens with one attached hydrogen (secondary N) is 2. The number of carbonyl (C=O) groups excluding carboxylic acids is 6. The number of aromatic nitrogens is 3. The Kier molecular flexibility index (Phi) is 10.8. The molecule has 3 aliphatic rings. The predicted molar refractivity (Wildman–Crippen MR) is 204 cm³/mol. The summed E-state index contributed by atoms with van der Waals surface area (Å²) in [7, 11) is 1.33. The molecule has 1 fully saturated rings. The maximum Gasteiger partial charge on any atom is 0.308 e. The first kappa shape index (κ1) is 37.8. The molecule has 2 aromatic heterocycles. The monoisotopic (exact) mass is 783 g/mol. The highest BCUT2D eigenvalue weighted by atomic mass is 35.5. The van der Waals surface area contributed by atoms with Gasteiger partial charge in [-0.2, -0.15) is 0 Å². The zero-order valence-corrected chi connectivity index (χ0v) is 32.0. The van der Waals surface area contributed by atoms with Crippen LogP contribution in [-0.2, 0) is 19.1 Å². The van der Waals surface area contributed by atoms with Crippen LogP contribution in [0.25, 0.3) is 5.00 Å². The van der Waals surface area contributed by atoms with E-state index >= 15 is 0 Å². The third-order valence-electron chi connectivity index (χ3n) is 10.1.